The van der Waals surface area contributed by atoms with Crippen LogP contribution in [-0.4, -0.2) is 30.1 Å². The largest absolute Gasteiger partial charge is 0.497 e. The zero-order chi connectivity index (χ0) is 20.1. The van der Waals surface area contributed by atoms with E-state index in [-0.39, 0.29) is 17.2 Å². The van der Waals surface area contributed by atoms with E-state index in [4.69, 9.17) is 15.2 Å². The van der Waals surface area contributed by atoms with Gasteiger partial charge in [0.2, 0.25) is 0 Å². The van der Waals surface area contributed by atoms with Crippen molar-refractivity contribution < 1.29 is 18.7 Å². The van der Waals surface area contributed by atoms with Crippen molar-refractivity contribution in [3.05, 3.63) is 60.2 Å². The molecule has 0 fully saturated rings. The number of benzene rings is 1. The third-order valence-electron chi connectivity index (χ3n) is 3.78. The molecule has 0 radical (unpaired) electrons. The number of carbonyl (C=O) groups excluding carboxylic acids is 1. The van der Waals surface area contributed by atoms with Crippen LogP contribution in [0.4, 0.5) is 27.4 Å². The number of carbonyl (C=O) groups is 1. The highest BCUT2D eigenvalue weighted by Crippen LogP contribution is 2.30. The van der Waals surface area contributed by atoms with Crippen molar-refractivity contribution in [2.24, 2.45) is 5.73 Å². The van der Waals surface area contributed by atoms with Crippen LogP contribution in [0.3, 0.4) is 0 Å². The topological polar surface area (TPSA) is 111 Å². The molecule has 1 aromatic carbocycles. The number of halogens is 1. The monoisotopic (exact) mass is 383 g/mol. The molecule has 8 nitrogen and oxygen atoms in total. The molecule has 0 saturated heterocycles. The molecule has 4 N–H and O–H groups in total. The van der Waals surface area contributed by atoms with Gasteiger partial charge in [-0.15, -0.1) is 0 Å². The minimum atomic E-state index is -0.823. The maximum absolute atomic E-state index is 14.4. The minimum absolute atomic E-state index is 0.0793. The quantitative estimate of drug-likeness (QED) is 0.574. The van der Waals surface area contributed by atoms with Gasteiger partial charge in [0.05, 0.1) is 31.7 Å². The second-order valence-corrected chi connectivity index (χ2v) is 5.67. The molecule has 0 saturated carbocycles. The lowest BCUT2D eigenvalue weighted by Crippen LogP contribution is -2.16. The number of anilines is 4. The Kier molecular flexibility index (Phi) is 5.54. The van der Waals surface area contributed by atoms with Gasteiger partial charge in [0.1, 0.15) is 17.3 Å². The van der Waals surface area contributed by atoms with Gasteiger partial charge < -0.3 is 25.8 Å². The fraction of sp³-hybridized carbons (Fsp3) is 0.105. The predicted molar refractivity (Wildman–Crippen MR) is 103 cm³/mol. The van der Waals surface area contributed by atoms with Gasteiger partial charge in [-0.05, 0) is 18.2 Å². The number of pyridine rings is 2. The van der Waals surface area contributed by atoms with Gasteiger partial charge in [0.25, 0.3) is 5.91 Å². The minimum Gasteiger partial charge on any atom is -0.497 e. The Balaban J connectivity index is 2.01. The van der Waals surface area contributed by atoms with E-state index in [1.54, 1.807) is 36.5 Å². The van der Waals surface area contributed by atoms with E-state index in [0.29, 0.717) is 22.9 Å². The lowest BCUT2D eigenvalue weighted by molar-refractivity contribution is 0.100. The molecule has 0 unspecified atom stereocenters. The summed E-state index contributed by atoms with van der Waals surface area (Å²) in [5, 5.41) is 5.78. The summed E-state index contributed by atoms with van der Waals surface area (Å²) in [5.74, 6) is -0.509. The van der Waals surface area contributed by atoms with Crippen molar-refractivity contribution in [1.82, 2.24) is 9.97 Å². The highest BCUT2D eigenvalue weighted by molar-refractivity contribution is 5.98. The molecule has 0 aliphatic heterocycles. The number of hydrogen-bond acceptors (Lipinski definition) is 7. The van der Waals surface area contributed by atoms with E-state index in [1.807, 2.05) is 0 Å². The van der Waals surface area contributed by atoms with Crippen molar-refractivity contribution in [3.8, 4) is 11.5 Å². The van der Waals surface area contributed by atoms with E-state index < -0.39 is 11.7 Å². The highest BCUT2D eigenvalue weighted by atomic mass is 19.1. The maximum Gasteiger partial charge on any atom is 0.252 e. The van der Waals surface area contributed by atoms with Crippen LogP contribution < -0.4 is 25.8 Å². The molecule has 2 heterocycles. The van der Waals surface area contributed by atoms with Crippen molar-refractivity contribution in [2.45, 2.75) is 0 Å². The Morgan fingerprint density at radius 3 is 2.29 bits per heavy atom. The van der Waals surface area contributed by atoms with Crippen LogP contribution in [-0.2, 0) is 0 Å². The number of methoxy groups -OCH3 is 2. The summed E-state index contributed by atoms with van der Waals surface area (Å²) in [5.41, 5.74) is 6.34. The number of nitrogens with one attached hydrogen (secondary N) is 2. The second-order valence-electron chi connectivity index (χ2n) is 5.67. The van der Waals surface area contributed by atoms with E-state index in [2.05, 4.69) is 20.6 Å². The van der Waals surface area contributed by atoms with Gasteiger partial charge in [-0.25, -0.2) is 9.37 Å². The lowest BCUT2D eigenvalue weighted by atomic mass is 10.2. The maximum atomic E-state index is 14.4. The standard InChI is InChI=1S/C19H18FN5O3/c1-27-13-6-12(7-14(8-13)28-2)24-18-15(17(21)26)9-16(20)19(25-18)23-11-4-3-5-22-10-11/h3-10H,1-2H3,(H2,21,26)(H2,23,24,25). The molecule has 1 amide bonds. The van der Waals surface area contributed by atoms with Crippen molar-refractivity contribution >= 4 is 28.9 Å². The number of aromatic nitrogens is 2. The molecule has 9 heteroatoms. The van der Waals surface area contributed by atoms with Crippen LogP contribution in [0.5, 0.6) is 11.5 Å². The first kappa shape index (κ1) is 18.9. The number of nitrogens with two attached hydrogens (primary N) is 1. The summed E-state index contributed by atoms with van der Waals surface area (Å²) in [7, 11) is 3.03. The van der Waals surface area contributed by atoms with Crippen LogP contribution in [0.15, 0.2) is 48.8 Å². The van der Waals surface area contributed by atoms with Gasteiger partial charge in [0, 0.05) is 30.1 Å². The van der Waals surface area contributed by atoms with E-state index in [1.165, 1.54) is 20.4 Å². The summed E-state index contributed by atoms with van der Waals surface area (Å²) in [4.78, 5) is 19.9. The molecule has 0 aliphatic carbocycles. The molecule has 0 aliphatic rings. The number of amides is 1. The average Bonchev–Trinajstić information content (AvgIpc) is 2.70. The normalized spacial score (nSPS) is 10.2. The fourth-order valence-corrected chi connectivity index (χ4v) is 2.45. The van der Waals surface area contributed by atoms with Crippen molar-refractivity contribution in [2.75, 3.05) is 24.9 Å². The zero-order valence-electron chi connectivity index (χ0n) is 15.2. The van der Waals surface area contributed by atoms with E-state index >= 15 is 0 Å². The van der Waals surface area contributed by atoms with Crippen LogP contribution in [0.2, 0.25) is 0 Å². The Morgan fingerprint density at radius 1 is 1.04 bits per heavy atom. The molecule has 3 aromatic rings. The average molecular weight is 383 g/mol. The van der Waals surface area contributed by atoms with Crippen molar-refractivity contribution in [3.63, 3.8) is 0 Å². The van der Waals surface area contributed by atoms with Gasteiger partial charge in [0.15, 0.2) is 11.6 Å². The lowest BCUT2D eigenvalue weighted by Gasteiger charge is -2.14. The van der Waals surface area contributed by atoms with Gasteiger partial charge >= 0.3 is 0 Å². The summed E-state index contributed by atoms with van der Waals surface area (Å²) in [6.45, 7) is 0. The predicted octanol–water partition coefficient (Wildman–Crippen LogP) is 3.22. The van der Waals surface area contributed by atoms with Crippen molar-refractivity contribution in [1.29, 1.82) is 0 Å². The zero-order valence-corrected chi connectivity index (χ0v) is 15.2. The van der Waals surface area contributed by atoms with Crippen LogP contribution >= 0.6 is 0 Å². The van der Waals surface area contributed by atoms with Crippen LogP contribution in [0.25, 0.3) is 0 Å². The SMILES string of the molecule is COc1cc(Nc2nc(Nc3cccnc3)c(F)cc2C(N)=O)cc(OC)c1. The molecular formula is C19H18FN5O3. The number of hydrogen-bond donors (Lipinski definition) is 3. The third-order valence-corrected chi connectivity index (χ3v) is 3.78. The van der Waals surface area contributed by atoms with Crippen LogP contribution in [0.1, 0.15) is 10.4 Å². The Labute approximate surface area is 160 Å². The summed E-state index contributed by atoms with van der Waals surface area (Å²) >= 11 is 0. The van der Waals surface area contributed by atoms with E-state index in [9.17, 15) is 9.18 Å². The number of nitrogens with zero attached hydrogens (tertiary/aromatic N) is 2. The fourth-order valence-electron chi connectivity index (χ4n) is 2.45. The Hall–Kier alpha value is -3.88. The Bertz CT molecular complexity index is 976. The highest BCUT2D eigenvalue weighted by Gasteiger charge is 2.17. The molecule has 144 valence electrons. The van der Waals surface area contributed by atoms with Gasteiger partial charge in [-0.1, -0.05) is 0 Å². The number of primary amides is 1. The molecule has 28 heavy (non-hydrogen) atoms. The first-order chi connectivity index (χ1) is 13.5. The smallest absolute Gasteiger partial charge is 0.252 e. The third kappa shape index (κ3) is 4.26. The number of rotatable bonds is 7. The van der Waals surface area contributed by atoms with Gasteiger partial charge in [-0.3, -0.25) is 9.78 Å². The summed E-state index contributed by atoms with van der Waals surface area (Å²) in [6.07, 6.45) is 3.11. The number of ether oxygens (including phenoxy) is 2. The van der Waals surface area contributed by atoms with Crippen LogP contribution in [0, 0.1) is 5.82 Å². The first-order valence-electron chi connectivity index (χ1n) is 8.17. The Morgan fingerprint density at radius 2 is 1.71 bits per heavy atom. The van der Waals surface area contributed by atoms with Gasteiger partial charge in [-0.2, -0.15) is 0 Å². The molecule has 0 atom stereocenters. The molecule has 0 bridgehead atoms. The summed E-state index contributed by atoms with van der Waals surface area (Å²) in [6, 6.07) is 9.45. The second kappa shape index (κ2) is 8.21. The molecule has 2 aromatic heterocycles. The summed E-state index contributed by atoms with van der Waals surface area (Å²) < 4.78 is 24.9. The first-order valence-corrected chi connectivity index (χ1v) is 8.17. The van der Waals surface area contributed by atoms with E-state index in [0.717, 1.165) is 6.07 Å². The molecule has 0 spiro atoms. The molecule has 3 rings (SSSR count). The molecular weight excluding hydrogens is 365 g/mol.